The molecule has 0 radical (unpaired) electrons. The highest BCUT2D eigenvalue weighted by Crippen LogP contribution is 2.38. The second-order valence-electron chi connectivity index (χ2n) is 29.9. The highest BCUT2D eigenvalue weighted by atomic mass is 31.2. The zero-order valence-corrected chi connectivity index (χ0v) is 64.1. The highest BCUT2D eigenvalue weighted by Gasteiger charge is 2.22. The lowest BCUT2D eigenvalue weighted by atomic mass is 10.0. The standard InChI is InChI=1S/C83H162NO8P/c1-6-8-10-12-14-16-18-20-22-24-26-28-30-32-34-36-37-38-39-40-41-42-43-44-45-46-47-48-50-52-54-56-58-60-62-64-66-68-70-72-74-76-83(86)92-81(80-91-93(87,88)90-78-77-84(3,4)5)79-89-82(85)75-73-71-69-67-65-63-61-59-57-55-53-51-49-35-33-31-29-27-25-23-21-19-17-15-13-11-9-7-2/h18,20,24,26,81H,6-17,19,21-23,25,27-80H2,1-5H3/b20-18-,26-24-. The number of hydrogen-bond acceptors (Lipinski definition) is 8. The monoisotopic (exact) mass is 1330 g/mol. The number of ether oxygens (including phenoxy) is 2. The number of phosphoric ester groups is 1. The van der Waals surface area contributed by atoms with Gasteiger partial charge in [-0.2, -0.15) is 0 Å². The highest BCUT2D eigenvalue weighted by molar-refractivity contribution is 7.45. The molecule has 0 aromatic carbocycles. The van der Waals surface area contributed by atoms with Crippen molar-refractivity contribution in [2.45, 2.75) is 450 Å². The number of hydrogen-bond donors (Lipinski definition) is 0. The van der Waals surface area contributed by atoms with Crippen LogP contribution in [-0.2, 0) is 32.7 Å². The predicted octanol–water partition coefficient (Wildman–Crippen LogP) is 26.9. The molecule has 10 heteroatoms. The van der Waals surface area contributed by atoms with Gasteiger partial charge in [0.15, 0.2) is 6.10 Å². The van der Waals surface area contributed by atoms with Crippen molar-refractivity contribution in [1.29, 1.82) is 0 Å². The van der Waals surface area contributed by atoms with Crippen LogP contribution in [0.3, 0.4) is 0 Å². The number of carbonyl (C=O) groups is 2. The Hall–Kier alpha value is -1.51. The smallest absolute Gasteiger partial charge is 0.306 e. The van der Waals surface area contributed by atoms with Crippen LogP contribution in [0.2, 0.25) is 0 Å². The Morgan fingerprint density at radius 2 is 0.581 bits per heavy atom. The molecule has 0 N–H and O–H groups in total. The van der Waals surface area contributed by atoms with E-state index in [0.29, 0.717) is 17.4 Å². The molecule has 0 amide bonds. The van der Waals surface area contributed by atoms with Gasteiger partial charge in [0, 0.05) is 12.8 Å². The minimum absolute atomic E-state index is 0.0257. The van der Waals surface area contributed by atoms with Crippen molar-refractivity contribution in [3.63, 3.8) is 0 Å². The Bertz CT molecular complexity index is 1610. The van der Waals surface area contributed by atoms with Crippen LogP contribution in [0.5, 0.6) is 0 Å². The Labute approximate surface area is 580 Å². The van der Waals surface area contributed by atoms with Crippen molar-refractivity contribution in [3.8, 4) is 0 Å². The molecule has 0 aliphatic heterocycles. The van der Waals surface area contributed by atoms with Crippen LogP contribution in [0.1, 0.15) is 444 Å². The summed E-state index contributed by atoms with van der Waals surface area (Å²) in [6.07, 6.45) is 96.1. The fraction of sp³-hybridized carbons (Fsp3) is 0.928. The second kappa shape index (κ2) is 74.7. The molecule has 0 aromatic rings. The van der Waals surface area contributed by atoms with E-state index in [2.05, 4.69) is 38.2 Å². The van der Waals surface area contributed by atoms with Crippen molar-refractivity contribution < 1.29 is 42.1 Å². The first kappa shape index (κ1) is 91.5. The van der Waals surface area contributed by atoms with Gasteiger partial charge >= 0.3 is 11.9 Å². The van der Waals surface area contributed by atoms with Crippen molar-refractivity contribution in [2.24, 2.45) is 0 Å². The number of unbranched alkanes of at least 4 members (excludes halogenated alkanes) is 61. The number of likely N-dealkylation sites (N-methyl/N-ethyl adjacent to an activating group) is 1. The van der Waals surface area contributed by atoms with Crippen LogP contribution in [0.25, 0.3) is 0 Å². The second-order valence-corrected chi connectivity index (χ2v) is 31.3. The molecular weight excluding hydrogens is 1170 g/mol. The molecule has 9 nitrogen and oxygen atoms in total. The van der Waals surface area contributed by atoms with Gasteiger partial charge in [-0.05, 0) is 44.9 Å². The maximum atomic E-state index is 12.9. The van der Waals surface area contributed by atoms with Crippen molar-refractivity contribution in [3.05, 3.63) is 24.3 Å². The van der Waals surface area contributed by atoms with Gasteiger partial charge in [0.05, 0.1) is 27.7 Å². The molecule has 93 heavy (non-hydrogen) atoms. The largest absolute Gasteiger partial charge is 0.756 e. The fourth-order valence-electron chi connectivity index (χ4n) is 12.9. The van der Waals surface area contributed by atoms with E-state index in [-0.39, 0.29) is 32.0 Å². The Morgan fingerprint density at radius 3 is 0.849 bits per heavy atom. The molecule has 0 saturated heterocycles. The molecule has 0 heterocycles. The van der Waals surface area contributed by atoms with E-state index < -0.39 is 26.5 Å². The third-order valence-corrected chi connectivity index (χ3v) is 20.2. The van der Waals surface area contributed by atoms with E-state index in [0.717, 1.165) is 38.5 Å². The summed E-state index contributed by atoms with van der Waals surface area (Å²) in [5.41, 5.74) is 0. The van der Waals surface area contributed by atoms with Crippen LogP contribution in [0, 0.1) is 0 Å². The molecule has 0 bridgehead atoms. The normalized spacial score (nSPS) is 13.1. The molecule has 0 saturated carbocycles. The van der Waals surface area contributed by atoms with Crippen LogP contribution in [-0.4, -0.2) is 70.0 Å². The van der Waals surface area contributed by atoms with Crippen molar-refractivity contribution in [1.82, 2.24) is 0 Å². The third kappa shape index (κ3) is 79.4. The molecule has 552 valence electrons. The van der Waals surface area contributed by atoms with Gasteiger partial charge in [0.2, 0.25) is 0 Å². The molecule has 2 atom stereocenters. The zero-order valence-electron chi connectivity index (χ0n) is 63.3. The average Bonchev–Trinajstić information content (AvgIpc) is 2.30. The number of quaternary nitrogens is 1. The first-order valence-electron chi connectivity index (χ1n) is 41.5. The number of carbonyl (C=O) groups excluding carboxylic acids is 2. The average molecular weight is 1330 g/mol. The summed E-state index contributed by atoms with van der Waals surface area (Å²) in [5, 5.41) is 0. The molecule has 2 unspecified atom stereocenters. The van der Waals surface area contributed by atoms with E-state index >= 15 is 0 Å². The summed E-state index contributed by atoms with van der Waals surface area (Å²) < 4.78 is 34.4. The molecule has 0 spiro atoms. The summed E-state index contributed by atoms with van der Waals surface area (Å²) in [5.74, 6) is -0.803. The van der Waals surface area contributed by atoms with Crippen molar-refractivity contribution >= 4 is 19.8 Å². The predicted molar refractivity (Wildman–Crippen MR) is 402 cm³/mol. The molecular formula is C83H162NO8P. The topological polar surface area (TPSA) is 111 Å². The first-order chi connectivity index (χ1) is 45.5. The van der Waals surface area contributed by atoms with Crippen LogP contribution in [0.15, 0.2) is 24.3 Å². The Kier molecular flexibility index (Phi) is 73.5. The minimum Gasteiger partial charge on any atom is -0.756 e. The van der Waals surface area contributed by atoms with E-state index in [9.17, 15) is 19.0 Å². The molecule has 0 fully saturated rings. The number of allylic oxidation sites excluding steroid dienone is 4. The van der Waals surface area contributed by atoms with Gasteiger partial charge in [0.25, 0.3) is 7.82 Å². The summed E-state index contributed by atoms with van der Waals surface area (Å²) in [4.78, 5) is 38.2. The summed E-state index contributed by atoms with van der Waals surface area (Å²) in [7, 11) is 1.20. The van der Waals surface area contributed by atoms with E-state index in [1.54, 1.807) is 0 Å². The number of phosphoric acid groups is 1. The summed E-state index contributed by atoms with van der Waals surface area (Å²) >= 11 is 0. The lowest BCUT2D eigenvalue weighted by Crippen LogP contribution is -2.37. The summed E-state index contributed by atoms with van der Waals surface area (Å²) in [6, 6.07) is 0. The van der Waals surface area contributed by atoms with Gasteiger partial charge < -0.3 is 27.9 Å². The van der Waals surface area contributed by atoms with Crippen LogP contribution >= 0.6 is 7.82 Å². The molecule has 0 rings (SSSR count). The minimum atomic E-state index is -4.64. The number of esters is 2. The zero-order chi connectivity index (χ0) is 67.6. The Morgan fingerprint density at radius 1 is 0.333 bits per heavy atom. The van der Waals surface area contributed by atoms with Gasteiger partial charge in [-0.3, -0.25) is 14.2 Å². The van der Waals surface area contributed by atoms with Crippen LogP contribution < -0.4 is 4.89 Å². The molecule has 0 aliphatic rings. The first-order valence-corrected chi connectivity index (χ1v) is 43.0. The summed E-state index contributed by atoms with van der Waals surface area (Å²) in [6.45, 7) is 4.33. The SMILES string of the molecule is CCCCCCC/C=C\C/C=C\CCCCCCCCCCCCCCCCCCCCCCCCCCCCCCCC(=O)OC(COC(=O)CCCCCCCCCCCCCCCCCCCCCCCCCCCCCC)COP(=O)([O-])OCC[N+](C)(C)C. The quantitative estimate of drug-likeness (QED) is 0.0195. The molecule has 0 aromatic heterocycles. The van der Waals surface area contributed by atoms with Crippen molar-refractivity contribution in [2.75, 3.05) is 47.5 Å². The number of nitrogens with zero attached hydrogens (tertiary/aromatic N) is 1. The van der Waals surface area contributed by atoms with E-state index in [4.69, 9.17) is 18.5 Å². The Balaban J connectivity index is 3.85. The van der Waals surface area contributed by atoms with Gasteiger partial charge in [-0.1, -0.05) is 411 Å². The lowest BCUT2D eigenvalue weighted by Gasteiger charge is -2.28. The van der Waals surface area contributed by atoms with E-state index in [1.165, 1.54) is 372 Å². The number of rotatable bonds is 79. The van der Waals surface area contributed by atoms with Crippen LogP contribution in [0.4, 0.5) is 0 Å². The van der Waals surface area contributed by atoms with Gasteiger partial charge in [-0.15, -0.1) is 0 Å². The third-order valence-electron chi connectivity index (χ3n) is 19.2. The van der Waals surface area contributed by atoms with Gasteiger partial charge in [-0.25, -0.2) is 0 Å². The lowest BCUT2D eigenvalue weighted by molar-refractivity contribution is -0.870. The fourth-order valence-corrected chi connectivity index (χ4v) is 13.6. The maximum Gasteiger partial charge on any atom is 0.306 e. The van der Waals surface area contributed by atoms with Gasteiger partial charge in [0.1, 0.15) is 19.8 Å². The molecule has 0 aliphatic carbocycles. The maximum absolute atomic E-state index is 12.9. The van der Waals surface area contributed by atoms with E-state index in [1.807, 2.05) is 21.1 Å².